The number of hydrogen-bond acceptors (Lipinski definition) is 6. The highest BCUT2D eigenvalue weighted by Crippen LogP contribution is 2.28. The monoisotopic (exact) mass is 542 g/mol. The van der Waals surface area contributed by atoms with Gasteiger partial charge in [0.1, 0.15) is 11.5 Å². The number of carbonyl (C=O) groups excluding carboxylic acids is 3. The van der Waals surface area contributed by atoms with Gasteiger partial charge in [0.15, 0.2) is 0 Å². The number of rotatable bonds is 7. The van der Waals surface area contributed by atoms with Crippen LogP contribution in [0.1, 0.15) is 27.8 Å². The molecule has 3 aromatic rings. The molecule has 2 fully saturated rings. The van der Waals surface area contributed by atoms with Crippen molar-refractivity contribution in [2.45, 2.75) is 25.5 Å². The predicted octanol–water partition coefficient (Wildman–Crippen LogP) is 5.39. The molecule has 7 nitrogen and oxygen atoms in total. The number of nitrogens with zero attached hydrogens (tertiary/aromatic N) is 1. The molecule has 200 valence electrons. The number of nitrogens with one attached hydrogen (secondary N) is 1. The van der Waals surface area contributed by atoms with Crippen molar-refractivity contribution >= 4 is 40.5 Å². The van der Waals surface area contributed by atoms with Gasteiger partial charge in [-0.2, -0.15) is 0 Å². The average molecular weight is 543 g/mol. The van der Waals surface area contributed by atoms with Crippen molar-refractivity contribution in [2.24, 2.45) is 0 Å². The van der Waals surface area contributed by atoms with Gasteiger partial charge in [0.2, 0.25) is 5.91 Å². The van der Waals surface area contributed by atoms with Crippen LogP contribution in [0, 0.1) is 13.8 Å². The first kappa shape index (κ1) is 26.7. The van der Waals surface area contributed by atoms with E-state index in [1.54, 1.807) is 0 Å². The third-order valence-electron chi connectivity index (χ3n) is 6.60. The van der Waals surface area contributed by atoms with Crippen molar-refractivity contribution in [3.8, 4) is 11.5 Å². The summed E-state index contributed by atoms with van der Waals surface area (Å²) in [4.78, 5) is 38.6. The van der Waals surface area contributed by atoms with E-state index in [9.17, 15) is 14.4 Å². The zero-order valence-electron chi connectivity index (χ0n) is 21.9. The summed E-state index contributed by atoms with van der Waals surface area (Å²) in [5, 5.41) is 1.62. The van der Waals surface area contributed by atoms with Crippen molar-refractivity contribution in [2.75, 3.05) is 26.3 Å². The molecule has 2 aliphatic rings. The molecule has 2 heterocycles. The number of hydrogen-bond donors (Lipinski definition) is 1. The number of thioether (sulfide) groups is 1. The first-order valence-corrected chi connectivity index (χ1v) is 13.8. The summed E-state index contributed by atoms with van der Waals surface area (Å²) in [6, 6.07) is 21.3. The molecule has 1 N–H and O–H groups in total. The van der Waals surface area contributed by atoms with Gasteiger partial charge in [0.25, 0.3) is 11.1 Å². The predicted molar refractivity (Wildman–Crippen MR) is 153 cm³/mol. The minimum absolute atomic E-state index is 0.0162. The molecule has 0 aliphatic carbocycles. The fraction of sp³-hybridized carbons (Fsp3) is 0.258. The Morgan fingerprint density at radius 1 is 0.974 bits per heavy atom. The van der Waals surface area contributed by atoms with E-state index in [-0.39, 0.29) is 17.1 Å². The number of amides is 3. The molecule has 3 aromatic carbocycles. The molecule has 5 rings (SSSR count). The molecule has 1 atom stereocenters. The summed E-state index contributed by atoms with van der Waals surface area (Å²) < 4.78 is 11.5. The van der Waals surface area contributed by atoms with Crippen LogP contribution in [0.5, 0.6) is 11.5 Å². The first-order chi connectivity index (χ1) is 18.8. The van der Waals surface area contributed by atoms with Gasteiger partial charge < -0.3 is 14.4 Å². The van der Waals surface area contributed by atoms with Crippen LogP contribution in [0.3, 0.4) is 0 Å². The second-order valence-electron chi connectivity index (χ2n) is 9.74. The van der Waals surface area contributed by atoms with E-state index >= 15 is 0 Å². The molecule has 0 spiro atoms. The lowest BCUT2D eigenvalue weighted by atomic mass is 9.99. The Morgan fingerprint density at radius 2 is 1.59 bits per heavy atom. The molecule has 2 saturated heterocycles. The van der Waals surface area contributed by atoms with Crippen molar-refractivity contribution < 1.29 is 23.9 Å². The molecule has 3 amide bonds. The van der Waals surface area contributed by atoms with E-state index in [1.807, 2.05) is 59.5 Å². The maximum atomic E-state index is 13.6. The Labute approximate surface area is 232 Å². The van der Waals surface area contributed by atoms with Gasteiger partial charge in [-0.1, -0.05) is 65.4 Å². The normalized spacial score (nSPS) is 17.7. The van der Waals surface area contributed by atoms with Crippen molar-refractivity contribution in [1.29, 1.82) is 0 Å². The Hall–Kier alpha value is -3.88. The fourth-order valence-electron chi connectivity index (χ4n) is 4.74. The van der Waals surface area contributed by atoms with Crippen LogP contribution in [0.2, 0.25) is 0 Å². The number of ether oxygens (including phenoxy) is 2. The van der Waals surface area contributed by atoms with Gasteiger partial charge in [-0.25, -0.2) is 0 Å². The summed E-state index contributed by atoms with van der Waals surface area (Å²) in [5.74, 6) is 1.04. The Morgan fingerprint density at radius 3 is 2.18 bits per heavy atom. The Bertz CT molecular complexity index is 1390. The smallest absolute Gasteiger partial charge is 0.286 e. The number of benzene rings is 3. The van der Waals surface area contributed by atoms with Gasteiger partial charge in [0, 0.05) is 18.7 Å². The second kappa shape index (κ2) is 11.9. The van der Waals surface area contributed by atoms with Crippen LogP contribution in [0.4, 0.5) is 4.79 Å². The zero-order valence-corrected chi connectivity index (χ0v) is 22.8. The topological polar surface area (TPSA) is 84.9 Å². The van der Waals surface area contributed by atoms with E-state index in [1.165, 1.54) is 0 Å². The van der Waals surface area contributed by atoms with Crippen LogP contribution in [0.25, 0.3) is 11.6 Å². The van der Waals surface area contributed by atoms with E-state index in [0.29, 0.717) is 49.8 Å². The van der Waals surface area contributed by atoms with Crippen molar-refractivity contribution in [1.82, 2.24) is 10.2 Å². The number of morpholine rings is 1. The number of carbonyl (C=O) groups is 3. The lowest BCUT2D eigenvalue weighted by Gasteiger charge is -2.28. The molecular weight excluding hydrogens is 512 g/mol. The number of aryl methyl sites for hydroxylation is 2. The maximum Gasteiger partial charge on any atom is 0.286 e. The summed E-state index contributed by atoms with van der Waals surface area (Å²) in [5.41, 5.74) is 5.67. The molecule has 2 aliphatic heterocycles. The largest absolute Gasteiger partial charge is 0.457 e. The van der Waals surface area contributed by atoms with Crippen molar-refractivity contribution in [3.63, 3.8) is 0 Å². The standard InChI is InChI=1S/C31H30N2O5S/c1-20-15-21(2)17-23(16-20)18-27(30(35)33-11-13-37-14-12-33)24-5-9-26(10-6-24)38-25-7-3-22(4-8-25)19-28-29(34)32-31(36)39-28/h3-10,15-18,28H,11-14,19H2,1-2H3,(H,32,34,36)/b27-18-. The van der Waals surface area contributed by atoms with Crippen LogP contribution in [-0.4, -0.2) is 53.5 Å². The van der Waals surface area contributed by atoms with E-state index < -0.39 is 5.25 Å². The van der Waals surface area contributed by atoms with Gasteiger partial charge in [-0.05, 0) is 67.3 Å². The quantitative estimate of drug-likeness (QED) is 0.318. The van der Waals surface area contributed by atoms with Gasteiger partial charge >= 0.3 is 0 Å². The fourth-order valence-corrected chi connectivity index (χ4v) is 5.60. The van der Waals surface area contributed by atoms with Crippen LogP contribution < -0.4 is 10.1 Å². The minimum atomic E-state index is -0.400. The van der Waals surface area contributed by atoms with Gasteiger partial charge in [-0.15, -0.1) is 0 Å². The summed E-state index contributed by atoms with van der Waals surface area (Å²) >= 11 is 1.02. The average Bonchev–Trinajstić information content (AvgIpc) is 3.24. The van der Waals surface area contributed by atoms with Crippen LogP contribution >= 0.6 is 11.8 Å². The highest BCUT2D eigenvalue weighted by molar-refractivity contribution is 8.15. The summed E-state index contributed by atoms with van der Waals surface area (Å²) in [7, 11) is 0. The van der Waals surface area contributed by atoms with Crippen LogP contribution in [-0.2, 0) is 20.7 Å². The second-order valence-corrected chi connectivity index (χ2v) is 10.9. The molecule has 0 bridgehead atoms. The highest BCUT2D eigenvalue weighted by atomic mass is 32.2. The SMILES string of the molecule is Cc1cc(C)cc(/C=C(\C(=O)N2CCOCC2)c2ccc(Oc3ccc(CC4SC(=O)NC4=O)cc3)cc2)c1. The lowest BCUT2D eigenvalue weighted by Crippen LogP contribution is -2.41. The Kier molecular flexibility index (Phi) is 8.14. The van der Waals surface area contributed by atoms with E-state index in [2.05, 4.69) is 37.4 Å². The molecule has 0 saturated carbocycles. The van der Waals surface area contributed by atoms with Crippen LogP contribution in [0.15, 0.2) is 66.7 Å². The number of imide groups is 1. The van der Waals surface area contributed by atoms with Crippen molar-refractivity contribution in [3.05, 3.63) is 94.5 Å². The van der Waals surface area contributed by atoms with E-state index in [4.69, 9.17) is 9.47 Å². The minimum Gasteiger partial charge on any atom is -0.457 e. The van der Waals surface area contributed by atoms with E-state index in [0.717, 1.165) is 39.6 Å². The van der Waals surface area contributed by atoms with Gasteiger partial charge in [-0.3, -0.25) is 19.7 Å². The molecule has 0 aromatic heterocycles. The molecule has 1 unspecified atom stereocenters. The lowest BCUT2D eigenvalue weighted by molar-refractivity contribution is -0.128. The Balaban J connectivity index is 1.32. The third-order valence-corrected chi connectivity index (χ3v) is 7.58. The van der Waals surface area contributed by atoms with Gasteiger partial charge in [0.05, 0.1) is 18.5 Å². The maximum absolute atomic E-state index is 13.6. The molecule has 8 heteroatoms. The highest BCUT2D eigenvalue weighted by Gasteiger charge is 2.31. The molecule has 0 radical (unpaired) electrons. The zero-order chi connectivity index (χ0) is 27.4. The molecule has 39 heavy (non-hydrogen) atoms. The first-order valence-electron chi connectivity index (χ1n) is 12.9. The summed E-state index contributed by atoms with van der Waals surface area (Å²) in [6.45, 7) is 6.33. The molecular formula is C31H30N2O5S. The summed E-state index contributed by atoms with van der Waals surface area (Å²) in [6.07, 6.45) is 2.44. The third kappa shape index (κ3) is 6.77.